The van der Waals surface area contributed by atoms with Crippen molar-refractivity contribution in [2.45, 2.75) is 6.04 Å². The minimum atomic E-state index is -0.713. The van der Waals surface area contributed by atoms with Crippen LogP contribution in [0.4, 0.5) is 20.6 Å². The molecule has 0 radical (unpaired) electrons. The minimum Gasteiger partial charge on any atom is -0.378 e. The topological polar surface area (TPSA) is 118 Å². The van der Waals surface area contributed by atoms with E-state index in [9.17, 15) is 14.0 Å². The van der Waals surface area contributed by atoms with Gasteiger partial charge in [0.2, 0.25) is 0 Å². The van der Waals surface area contributed by atoms with Crippen molar-refractivity contribution in [3.8, 4) is 0 Å². The van der Waals surface area contributed by atoms with Gasteiger partial charge >= 0.3 is 6.03 Å². The van der Waals surface area contributed by atoms with Crippen LogP contribution in [0.5, 0.6) is 0 Å². The average molecular weight is 507 g/mol. The summed E-state index contributed by atoms with van der Waals surface area (Å²) in [6, 6.07) is 9.46. The maximum Gasteiger partial charge on any atom is 0.323 e. The Kier molecular flexibility index (Phi) is 6.81. The molecule has 0 aliphatic carbocycles. The number of amides is 2. The minimum absolute atomic E-state index is 0.0476. The van der Waals surface area contributed by atoms with E-state index in [1.54, 1.807) is 24.4 Å². The first kappa shape index (κ1) is 23.7. The van der Waals surface area contributed by atoms with Gasteiger partial charge in [0.05, 0.1) is 64.7 Å². The first-order valence-corrected chi connectivity index (χ1v) is 11.4. The summed E-state index contributed by atoms with van der Waals surface area (Å²) < 4.78 is 20.1. The molecule has 3 N–H and O–H groups in total. The van der Waals surface area contributed by atoms with Crippen molar-refractivity contribution in [1.82, 2.24) is 20.3 Å². The van der Waals surface area contributed by atoms with Crippen LogP contribution < -0.4 is 16.0 Å². The Hall–Kier alpha value is -3.99. The highest BCUT2D eigenvalue weighted by atomic mass is 35.5. The summed E-state index contributed by atoms with van der Waals surface area (Å²) in [5.41, 5.74) is 2.53. The highest BCUT2D eigenvalue weighted by Crippen LogP contribution is 2.22. The second-order valence-electron chi connectivity index (χ2n) is 8.07. The molecule has 0 spiro atoms. The Morgan fingerprint density at radius 2 is 1.89 bits per heavy atom. The molecule has 1 fully saturated rings. The lowest BCUT2D eigenvalue weighted by molar-refractivity contribution is 0.0756. The summed E-state index contributed by atoms with van der Waals surface area (Å²) in [5, 5.41) is 8.83. The smallest absolute Gasteiger partial charge is 0.323 e. The van der Waals surface area contributed by atoms with Crippen LogP contribution in [-0.4, -0.2) is 46.5 Å². The van der Waals surface area contributed by atoms with Crippen LogP contribution in [0.15, 0.2) is 61.1 Å². The zero-order chi connectivity index (χ0) is 25.1. The van der Waals surface area contributed by atoms with Crippen LogP contribution >= 0.6 is 11.6 Å². The first-order valence-electron chi connectivity index (χ1n) is 11.1. The summed E-state index contributed by atoms with van der Waals surface area (Å²) in [7, 11) is 0. The fraction of sp³-hybridized carbons (Fsp3) is 0.160. The number of halogens is 2. The molecule has 1 unspecified atom stereocenters. The molecule has 3 heterocycles. The fourth-order valence-corrected chi connectivity index (χ4v) is 3.97. The second kappa shape index (κ2) is 10.3. The van der Waals surface area contributed by atoms with E-state index in [0.29, 0.717) is 35.0 Å². The molecule has 0 saturated carbocycles. The van der Waals surface area contributed by atoms with Gasteiger partial charge in [-0.3, -0.25) is 14.8 Å². The van der Waals surface area contributed by atoms with Crippen LogP contribution in [0.3, 0.4) is 0 Å². The van der Waals surface area contributed by atoms with Gasteiger partial charge in [0.15, 0.2) is 5.78 Å². The standard InChI is InChI=1S/C25H20ClFN6O3/c26-15-8-17(11-28-10-15)32-25(35)31-16-2-3-19(27)18(9-16)24(34)14-1-4-20-21(7-14)30-12-22(33-20)23-13-36-6-5-29-23/h1-4,7-12,23,29H,5-6,13H2,(H2,31,32,35). The molecule has 5 rings (SSSR count). The number of carbonyl (C=O) groups excluding carboxylic acids is 2. The van der Waals surface area contributed by atoms with Gasteiger partial charge in [-0.05, 0) is 42.5 Å². The van der Waals surface area contributed by atoms with Crippen LogP contribution in [0.25, 0.3) is 11.0 Å². The van der Waals surface area contributed by atoms with Crippen molar-refractivity contribution in [1.29, 1.82) is 0 Å². The van der Waals surface area contributed by atoms with E-state index < -0.39 is 17.6 Å². The molecule has 9 nitrogen and oxygen atoms in total. The maximum absolute atomic E-state index is 14.6. The lowest BCUT2D eigenvalue weighted by atomic mass is 10.0. The third-order valence-corrected chi connectivity index (χ3v) is 5.74. The van der Waals surface area contributed by atoms with E-state index >= 15 is 0 Å². The quantitative estimate of drug-likeness (QED) is 0.344. The fourth-order valence-electron chi connectivity index (χ4n) is 3.80. The molecule has 1 saturated heterocycles. The third kappa shape index (κ3) is 5.30. The molecule has 2 aromatic carbocycles. The van der Waals surface area contributed by atoms with Crippen molar-refractivity contribution < 1.29 is 18.7 Å². The second-order valence-corrected chi connectivity index (χ2v) is 8.51. The number of fused-ring (bicyclic) bond motifs is 1. The molecule has 11 heteroatoms. The number of aromatic nitrogens is 3. The van der Waals surface area contributed by atoms with Gasteiger partial charge in [0, 0.05) is 24.0 Å². The number of nitrogens with one attached hydrogen (secondary N) is 3. The summed E-state index contributed by atoms with van der Waals surface area (Å²) in [6.45, 7) is 1.89. The van der Waals surface area contributed by atoms with Crippen LogP contribution in [-0.2, 0) is 4.74 Å². The Morgan fingerprint density at radius 1 is 1.03 bits per heavy atom. The number of hydrogen-bond donors (Lipinski definition) is 3. The highest BCUT2D eigenvalue weighted by molar-refractivity contribution is 6.30. The molecule has 0 bridgehead atoms. The number of morpholine rings is 1. The van der Waals surface area contributed by atoms with Gasteiger partial charge in [-0.15, -0.1) is 0 Å². The van der Waals surface area contributed by atoms with Crippen molar-refractivity contribution in [3.63, 3.8) is 0 Å². The predicted molar refractivity (Wildman–Crippen MR) is 133 cm³/mol. The monoisotopic (exact) mass is 506 g/mol. The summed E-state index contributed by atoms with van der Waals surface area (Å²) in [4.78, 5) is 38.4. The molecule has 182 valence electrons. The SMILES string of the molecule is O=C(Nc1cncc(Cl)c1)Nc1ccc(F)c(C(=O)c2ccc3nc(C4COCCN4)cnc3c2)c1. The lowest BCUT2D eigenvalue weighted by Gasteiger charge is -2.23. The number of anilines is 2. The van der Waals surface area contributed by atoms with Crippen molar-refractivity contribution in [3.05, 3.63) is 88.7 Å². The Balaban J connectivity index is 1.34. The summed E-state index contributed by atoms with van der Waals surface area (Å²) in [5.74, 6) is -1.26. The zero-order valence-corrected chi connectivity index (χ0v) is 19.6. The Labute approximate surface area is 210 Å². The van der Waals surface area contributed by atoms with Crippen LogP contribution in [0.2, 0.25) is 5.02 Å². The average Bonchev–Trinajstić information content (AvgIpc) is 2.89. The maximum atomic E-state index is 14.6. The number of rotatable bonds is 5. The molecule has 2 amide bonds. The zero-order valence-electron chi connectivity index (χ0n) is 18.8. The van der Waals surface area contributed by atoms with Crippen LogP contribution in [0.1, 0.15) is 27.7 Å². The molecule has 1 atom stereocenters. The van der Waals surface area contributed by atoms with Crippen molar-refractivity contribution >= 4 is 45.8 Å². The van der Waals surface area contributed by atoms with Gasteiger partial charge in [-0.1, -0.05) is 11.6 Å². The van der Waals surface area contributed by atoms with Crippen molar-refractivity contribution in [2.75, 3.05) is 30.4 Å². The highest BCUT2D eigenvalue weighted by Gasteiger charge is 2.19. The molecular formula is C25H20ClFN6O3. The number of hydrogen-bond acceptors (Lipinski definition) is 7. The van der Waals surface area contributed by atoms with E-state index in [0.717, 1.165) is 18.3 Å². The summed E-state index contributed by atoms with van der Waals surface area (Å²) in [6.07, 6.45) is 4.50. The van der Waals surface area contributed by atoms with E-state index in [2.05, 4.69) is 30.9 Å². The Bertz CT molecular complexity index is 1460. The number of ketones is 1. The number of ether oxygens (including phenoxy) is 1. The molecular weight excluding hydrogens is 487 g/mol. The molecule has 2 aromatic heterocycles. The number of nitrogens with zero attached hydrogens (tertiary/aromatic N) is 3. The van der Waals surface area contributed by atoms with Gasteiger partial charge in [0.1, 0.15) is 5.82 Å². The van der Waals surface area contributed by atoms with Crippen LogP contribution in [0, 0.1) is 5.82 Å². The number of urea groups is 1. The molecule has 1 aliphatic rings. The lowest BCUT2D eigenvalue weighted by Crippen LogP contribution is -2.35. The van der Waals surface area contributed by atoms with Crippen molar-refractivity contribution in [2.24, 2.45) is 0 Å². The van der Waals surface area contributed by atoms with E-state index in [-0.39, 0.29) is 22.9 Å². The summed E-state index contributed by atoms with van der Waals surface area (Å²) >= 11 is 5.87. The number of benzene rings is 2. The predicted octanol–water partition coefficient (Wildman–Crippen LogP) is 4.35. The van der Waals surface area contributed by atoms with Gasteiger partial charge in [0.25, 0.3) is 0 Å². The van der Waals surface area contributed by atoms with Gasteiger partial charge < -0.3 is 20.7 Å². The van der Waals surface area contributed by atoms with E-state index in [1.165, 1.54) is 30.6 Å². The number of pyridine rings is 1. The molecule has 36 heavy (non-hydrogen) atoms. The van der Waals surface area contributed by atoms with Gasteiger partial charge in [-0.2, -0.15) is 0 Å². The normalized spacial score (nSPS) is 15.4. The third-order valence-electron chi connectivity index (χ3n) is 5.53. The molecule has 1 aliphatic heterocycles. The first-order chi connectivity index (χ1) is 17.5. The van der Waals surface area contributed by atoms with Gasteiger partial charge in [-0.25, -0.2) is 14.2 Å². The largest absolute Gasteiger partial charge is 0.378 e. The Morgan fingerprint density at radius 3 is 2.69 bits per heavy atom. The molecule has 4 aromatic rings. The van der Waals surface area contributed by atoms with E-state index in [1.807, 2.05) is 0 Å². The number of carbonyl (C=O) groups is 2. The van der Waals surface area contributed by atoms with E-state index in [4.69, 9.17) is 16.3 Å².